The molecule has 0 aliphatic heterocycles. The number of oxime groups is 1. The summed E-state index contributed by atoms with van der Waals surface area (Å²) >= 11 is 1.94. The second-order valence-corrected chi connectivity index (χ2v) is 4.37. The summed E-state index contributed by atoms with van der Waals surface area (Å²) in [6, 6.07) is 0. The number of hydrogen-bond acceptors (Lipinski definition) is 4. The van der Waals surface area contributed by atoms with E-state index in [0.29, 0.717) is 12.3 Å². The van der Waals surface area contributed by atoms with Gasteiger partial charge < -0.3 is 15.8 Å². The van der Waals surface area contributed by atoms with E-state index in [9.17, 15) is 0 Å². The molecule has 0 saturated heterocycles. The fourth-order valence-electron chi connectivity index (χ4n) is 1.09. The first-order valence-electron chi connectivity index (χ1n) is 5.01. The highest BCUT2D eigenvalue weighted by atomic mass is 32.2. The van der Waals surface area contributed by atoms with Gasteiger partial charge in [-0.25, -0.2) is 0 Å². The van der Waals surface area contributed by atoms with Gasteiger partial charge in [0.05, 0.1) is 0 Å². The minimum atomic E-state index is 0.312. The van der Waals surface area contributed by atoms with Crippen molar-refractivity contribution in [1.82, 2.24) is 4.90 Å². The van der Waals surface area contributed by atoms with Crippen molar-refractivity contribution in [3.63, 3.8) is 0 Å². The third-order valence-corrected chi connectivity index (χ3v) is 2.90. The van der Waals surface area contributed by atoms with Crippen LogP contribution in [0.25, 0.3) is 0 Å². The minimum Gasteiger partial charge on any atom is -0.409 e. The first-order valence-corrected chi connectivity index (χ1v) is 6.16. The van der Waals surface area contributed by atoms with Crippen LogP contribution < -0.4 is 5.73 Å². The Balaban J connectivity index is 3.57. The fraction of sp³-hybridized carbons (Fsp3) is 0.889. The van der Waals surface area contributed by atoms with E-state index in [1.807, 2.05) is 11.8 Å². The van der Waals surface area contributed by atoms with Gasteiger partial charge in [0.2, 0.25) is 0 Å². The molecule has 0 atom stereocenters. The molecule has 4 nitrogen and oxygen atoms in total. The zero-order chi connectivity index (χ0) is 10.8. The van der Waals surface area contributed by atoms with Gasteiger partial charge in [0.1, 0.15) is 5.84 Å². The molecule has 0 unspecified atom stereocenters. The summed E-state index contributed by atoms with van der Waals surface area (Å²) in [7, 11) is 0. The Labute approximate surface area is 90.5 Å². The molecule has 14 heavy (non-hydrogen) atoms. The molecule has 0 aromatic rings. The molecular weight excluding hydrogens is 198 g/mol. The number of amidine groups is 1. The van der Waals surface area contributed by atoms with Crippen LogP contribution in [0.15, 0.2) is 5.16 Å². The van der Waals surface area contributed by atoms with E-state index in [2.05, 4.69) is 23.9 Å². The van der Waals surface area contributed by atoms with Crippen LogP contribution >= 0.6 is 11.8 Å². The molecule has 0 spiro atoms. The second-order valence-electron chi connectivity index (χ2n) is 2.97. The molecule has 0 aromatic heterocycles. The summed E-state index contributed by atoms with van der Waals surface area (Å²) in [6.45, 7) is 7.26. The highest BCUT2D eigenvalue weighted by Crippen LogP contribution is 2.00. The van der Waals surface area contributed by atoms with E-state index in [1.54, 1.807) is 0 Å². The zero-order valence-corrected chi connectivity index (χ0v) is 9.89. The van der Waals surface area contributed by atoms with Crippen LogP contribution in [0, 0.1) is 0 Å². The maximum absolute atomic E-state index is 8.37. The van der Waals surface area contributed by atoms with E-state index in [1.165, 1.54) is 0 Å². The van der Waals surface area contributed by atoms with Crippen molar-refractivity contribution < 1.29 is 5.21 Å². The third kappa shape index (κ3) is 7.03. The lowest BCUT2D eigenvalue weighted by Gasteiger charge is -2.19. The summed E-state index contributed by atoms with van der Waals surface area (Å²) in [5, 5.41) is 11.3. The predicted molar refractivity (Wildman–Crippen MR) is 63.1 cm³/mol. The van der Waals surface area contributed by atoms with Gasteiger partial charge in [0, 0.05) is 25.3 Å². The zero-order valence-electron chi connectivity index (χ0n) is 9.07. The minimum absolute atomic E-state index is 0.312. The molecule has 5 heteroatoms. The lowest BCUT2D eigenvalue weighted by Crippen LogP contribution is -2.30. The fourth-order valence-corrected chi connectivity index (χ4v) is 1.76. The van der Waals surface area contributed by atoms with Crippen LogP contribution in [-0.4, -0.2) is 47.1 Å². The van der Waals surface area contributed by atoms with Crippen LogP contribution in [-0.2, 0) is 0 Å². The largest absolute Gasteiger partial charge is 0.409 e. The Morgan fingerprint density at radius 1 is 1.43 bits per heavy atom. The Kier molecular flexibility index (Phi) is 8.87. The first-order chi connectivity index (χ1) is 6.74. The molecule has 0 saturated carbocycles. The molecule has 0 heterocycles. The van der Waals surface area contributed by atoms with Crippen LogP contribution in [0.5, 0.6) is 0 Å². The Hall–Kier alpha value is -0.420. The van der Waals surface area contributed by atoms with Gasteiger partial charge >= 0.3 is 0 Å². The van der Waals surface area contributed by atoms with Gasteiger partial charge in [-0.1, -0.05) is 19.0 Å². The van der Waals surface area contributed by atoms with Gasteiger partial charge in [-0.15, -0.1) is 0 Å². The Bertz CT molecular complexity index is 164. The number of rotatable bonds is 8. The molecule has 0 amide bonds. The van der Waals surface area contributed by atoms with Crippen molar-refractivity contribution >= 4 is 17.6 Å². The lowest BCUT2D eigenvalue weighted by molar-refractivity contribution is 0.302. The van der Waals surface area contributed by atoms with Crippen molar-refractivity contribution in [3.05, 3.63) is 0 Å². The summed E-state index contributed by atoms with van der Waals surface area (Å²) in [5.74, 6) is 2.63. The quantitative estimate of drug-likeness (QED) is 0.212. The van der Waals surface area contributed by atoms with Crippen LogP contribution in [0.4, 0.5) is 0 Å². The molecule has 3 N–H and O–H groups in total. The van der Waals surface area contributed by atoms with Gasteiger partial charge in [0.15, 0.2) is 0 Å². The molecule has 0 bridgehead atoms. The topological polar surface area (TPSA) is 61.8 Å². The predicted octanol–water partition coefficient (Wildman–Crippen LogP) is 1.20. The monoisotopic (exact) mass is 219 g/mol. The van der Waals surface area contributed by atoms with Crippen molar-refractivity contribution in [1.29, 1.82) is 0 Å². The van der Waals surface area contributed by atoms with Crippen LogP contribution in [0.1, 0.15) is 20.3 Å². The lowest BCUT2D eigenvalue weighted by atomic mass is 10.3. The molecular formula is C9H21N3OS. The normalized spacial score (nSPS) is 12.4. The summed E-state index contributed by atoms with van der Waals surface area (Å²) in [4.78, 5) is 2.31. The highest BCUT2D eigenvalue weighted by Gasteiger charge is 2.02. The van der Waals surface area contributed by atoms with Crippen LogP contribution in [0.2, 0.25) is 0 Å². The van der Waals surface area contributed by atoms with Gasteiger partial charge in [-0.3, -0.25) is 0 Å². The molecule has 84 valence electrons. The molecule has 0 fully saturated rings. The Morgan fingerprint density at radius 3 is 2.64 bits per heavy atom. The summed E-state index contributed by atoms with van der Waals surface area (Å²) in [6.07, 6.45) is 0.640. The second kappa shape index (κ2) is 9.15. The van der Waals surface area contributed by atoms with E-state index in [-0.39, 0.29) is 0 Å². The smallest absolute Gasteiger partial charge is 0.140 e. The van der Waals surface area contributed by atoms with Crippen molar-refractivity contribution in [2.75, 3.05) is 31.1 Å². The SMILES string of the molecule is CCSCCN(CC)CCC(N)=NO. The first kappa shape index (κ1) is 13.6. The molecule has 0 radical (unpaired) electrons. The Morgan fingerprint density at radius 2 is 2.14 bits per heavy atom. The van der Waals surface area contributed by atoms with E-state index >= 15 is 0 Å². The number of nitrogens with two attached hydrogens (primary N) is 1. The summed E-state index contributed by atoms with van der Waals surface area (Å²) < 4.78 is 0. The van der Waals surface area contributed by atoms with Crippen molar-refractivity contribution in [2.24, 2.45) is 10.9 Å². The molecule has 0 aliphatic rings. The van der Waals surface area contributed by atoms with E-state index in [4.69, 9.17) is 10.9 Å². The van der Waals surface area contributed by atoms with Crippen molar-refractivity contribution in [3.8, 4) is 0 Å². The maximum Gasteiger partial charge on any atom is 0.140 e. The number of thioether (sulfide) groups is 1. The van der Waals surface area contributed by atoms with Crippen LogP contribution in [0.3, 0.4) is 0 Å². The molecule has 0 rings (SSSR count). The van der Waals surface area contributed by atoms with Gasteiger partial charge in [0.25, 0.3) is 0 Å². The standard InChI is InChI=1S/C9H21N3OS/c1-3-12(7-8-14-4-2)6-5-9(10)11-13/h13H,3-8H2,1-2H3,(H2,10,11). The molecule has 0 aliphatic carbocycles. The third-order valence-electron chi connectivity index (χ3n) is 2.02. The van der Waals surface area contributed by atoms with Gasteiger partial charge in [-0.05, 0) is 12.3 Å². The highest BCUT2D eigenvalue weighted by molar-refractivity contribution is 7.99. The average molecular weight is 219 g/mol. The van der Waals surface area contributed by atoms with E-state index in [0.717, 1.165) is 31.1 Å². The number of nitrogens with zero attached hydrogens (tertiary/aromatic N) is 2. The van der Waals surface area contributed by atoms with Gasteiger partial charge in [-0.2, -0.15) is 11.8 Å². The molecule has 0 aromatic carbocycles. The summed E-state index contributed by atoms with van der Waals surface area (Å²) in [5.41, 5.74) is 5.40. The number of hydrogen-bond donors (Lipinski definition) is 2. The maximum atomic E-state index is 8.37. The average Bonchev–Trinajstić information content (AvgIpc) is 2.22. The van der Waals surface area contributed by atoms with Crippen molar-refractivity contribution in [2.45, 2.75) is 20.3 Å². The van der Waals surface area contributed by atoms with E-state index < -0.39 is 0 Å².